The summed E-state index contributed by atoms with van der Waals surface area (Å²) in [4.78, 5) is 8.88. The van der Waals surface area contributed by atoms with Gasteiger partial charge in [0.15, 0.2) is 5.96 Å². The van der Waals surface area contributed by atoms with Crippen molar-refractivity contribution in [3.63, 3.8) is 0 Å². The summed E-state index contributed by atoms with van der Waals surface area (Å²) in [6.45, 7) is 13.2. The van der Waals surface area contributed by atoms with Crippen molar-refractivity contribution in [1.82, 2.24) is 15.5 Å². The highest BCUT2D eigenvalue weighted by Crippen LogP contribution is 2.17. The van der Waals surface area contributed by atoms with Gasteiger partial charge in [0.2, 0.25) is 0 Å². The lowest BCUT2D eigenvalue weighted by Crippen LogP contribution is -2.41. The number of aliphatic imine (C=N–C) groups is 1. The van der Waals surface area contributed by atoms with E-state index in [1.54, 1.807) is 0 Å². The molecule has 1 atom stereocenters. The molecule has 0 aliphatic carbocycles. The van der Waals surface area contributed by atoms with Crippen molar-refractivity contribution in [1.29, 1.82) is 0 Å². The molecule has 144 valence electrons. The molecule has 25 heavy (non-hydrogen) atoms. The minimum atomic E-state index is 0. The highest BCUT2D eigenvalue weighted by molar-refractivity contribution is 14.0. The van der Waals surface area contributed by atoms with Crippen LogP contribution < -0.4 is 10.6 Å². The van der Waals surface area contributed by atoms with Crippen molar-refractivity contribution >= 4 is 41.3 Å². The average molecular weight is 478 g/mol. The third-order valence-electron chi connectivity index (χ3n) is 4.32. The molecule has 1 aromatic heterocycles. The van der Waals surface area contributed by atoms with Gasteiger partial charge in [0.25, 0.3) is 0 Å². The molecule has 0 saturated carbocycles. The van der Waals surface area contributed by atoms with E-state index < -0.39 is 0 Å². The summed E-state index contributed by atoms with van der Waals surface area (Å²) in [5.41, 5.74) is 0. The lowest BCUT2D eigenvalue weighted by atomic mass is 9.97. The Labute approximate surface area is 174 Å². The molecule has 6 heteroatoms. The van der Waals surface area contributed by atoms with Crippen LogP contribution in [-0.2, 0) is 6.42 Å². The summed E-state index contributed by atoms with van der Waals surface area (Å²) in [5, 5.41) is 8.99. The topological polar surface area (TPSA) is 39.7 Å². The first-order valence-electron chi connectivity index (χ1n) is 9.44. The maximum absolute atomic E-state index is 4.84. The number of thiophene rings is 1. The molecule has 1 aliphatic rings. The number of hydrogen-bond donors (Lipinski definition) is 2. The van der Waals surface area contributed by atoms with Crippen LogP contribution in [0.1, 0.15) is 38.5 Å². The standard InChI is InChI=1S/C19H34N4S.HI/c1-4-20-19(21-10-9-18-8-6-12-24-18)22-13-17-7-5-11-23(15-17)14-16(2)3;/h6,8,12,16-17H,4-5,7,9-11,13-15H2,1-3H3,(H2,20,21,22);1H. The minimum Gasteiger partial charge on any atom is -0.357 e. The molecule has 0 amide bonds. The second-order valence-electron chi connectivity index (χ2n) is 7.14. The summed E-state index contributed by atoms with van der Waals surface area (Å²) in [6, 6.07) is 4.31. The predicted molar refractivity (Wildman–Crippen MR) is 121 cm³/mol. The van der Waals surface area contributed by atoms with Crippen LogP contribution in [0.2, 0.25) is 0 Å². The van der Waals surface area contributed by atoms with Gasteiger partial charge in [-0.05, 0) is 56.0 Å². The van der Waals surface area contributed by atoms with Crippen molar-refractivity contribution < 1.29 is 0 Å². The number of nitrogens with one attached hydrogen (secondary N) is 2. The Morgan fingerprint density at radius 3 is 2.92 bits per heavy atom. The largest absolute Gasteiger partial charge is 0.357 e. The summed E-state index contributed by atoms with van der Waals surface area (Å²) in [5.74, 6) is 2.42. The first kappa shape index (κ1) is 22.7. The van der Waals surface area contributed by atoms with Crippen LogP contribution in [0, 0.1) is 11.8 Å². The highest BCUT2D eigenvalue weighted by atomic mass is 127. The molecule has 0 bridgehead atoms. The molecular weight excluding hydrogens is 443 g/mol. The van der Waals surface area contributed by atoms with Crippen LogP contribution in [0.5, 0.6) is 0 Å². The second kappa shape index (κ2) is 12.9. The van der Waals surface area contributed by atoms with E-state index in [0.717, 1.165) is 37.9 Å². The van der Waals surface area contributed by atoms with Crippen LogP contribution in [-0.4, -0.2) is 50.1 Å². The predicted octanol–water partition coefficient (Wildman–Crippen LogP) is 3.83. The Hall–Kier alpha value is -0.340. The molecule has 2 rings (SSSR count). The number of rotatable bonds is 8. The Bertz CT molecular complexity index is 476. The van der Waals surface area contributed by atoms with Crippen LogP contribution in [0.3, 0.4) is 0 Å². The molecule has 0 aromatic carbocycles. The average Bonchev–Trinajstić information content (AvgIpc) is 3.06. The first-order chi connectivity index (χ1) is 11.7. The molecule has 1 fully saturated rings. The van der Waals surface area contributed by atoms with Crippen molar-refractivity contribution in [3.05, 3.63) is 22.4 Å². The highest BCUT2D eigenvalue weighted by Gasteiger charge is 2.20. The Morgan fingerprint density at radius 1 is 1.40 bits per heavy atom. The zero-order valence-corrected chi connectivity index (χ0v) is 19.1. The van der Waals surface area contributed by atoms with E-state index in [2.05, 4.69) is 53.8 Å². The molecule has 0 spiro atoms. The Kier molecular flexibility index (Phi) is 11.7. The van der Waals surface area contributed by atoms with Gasteiger partial charge >= 0.3 is 0 Å². The third-order valence-corrected chi connectivity index (χ3v) is 5.26. The van der Waals surface area contributed by atoms with Crippen LogP contribution in [0.25, 0.3) is 0 Å². The number of nitrogens with zero attached hydrogens (tertiary/aromatic N) is 2. The third kappa shape index (κ3) is 9.24. The molecule has 0 radical (unpaired) electrons. The molecule has 2 N–H and O–H groups in total. The molecule has 1 aromatic rings. The van der Waals surface area contributed by atoms with Gasteiger partial charge in [0.05, 0.1) is 0 Å². The number of likely N-dealkylation sites (tertiary alicyclic amines) is 1. The Balaban J connectivity index is 0.00000312. The lowest BCUT2D eigenvalue weighted by Gasteiger charge is -2.33. The fraction of sp³-hybridized carbons (Fsp3) is 0.737. The van der Waals surface area contributed by atoms with E-state index in [-0.39, 0.29) is 24.0 Å². The summed E-state index contributed by atoms with van der Waals surface area (Å²) >= 11 is 1.82. The second-order valence-corrected chi connectivity index (χ2v) is 8.17. The van der Waals surface area contributed by atoms with E-state index in [9.17, 15) is 0 Å². The number of piperidine rings is 1. The van der Waals surface area contributed by atoms with Gasteiger partial charge in [-0.3, -0.25) is 4.99 Å². The van der Waals surface area contributed by atoms with Crippen molar-refractivity contribution in [3.8, 4) is 0 Å². The molecule has 4 nitrogen and oxygen atoms in total. The fourth-order valence-electron chi connectivity index (χ4n) is 3.30. The number of guanidine groups is 1. The summed E-state index contributed by atoms with van der Waals surface area (Å²) in [6.07, 6.45) is 3.69. The zero-order valence-electron chi connectivity index (χ0n) is 16.0. The SMILES string of the molecule is CCNC(=NCC1CCCN(CC(C)C)C1)NCCc1cccs1.I. The van der Waals surface area contributed by atoms with E-state index in [1.807, 2.05) is 11.3 Å². The van der Waals surface area contributed by atoms with Gasteiger partial charge in [-0.2, -0.15) is 0 Å². The van der Waals surface area contributed by atoms with E-state index >= 15 is 0 Å². The fourth-order valence-corrected chi connectivity index (χ4v) is 4.01. The monoisotopic (exact) mass is 478 g/mol. The molecule has 1 saturated heterocycles. The quantitative estimate of drug-likeness (QED) is 0.339. The van der Waals surface area contributed by atoms with Gasteiger partial charge in [-0.25, -0.2) is 0 Å². The van der Waals surface area contributed by atoms with Crippen molar-refractivity contribution in [2.45, 2.75) is 40.0 Å². The maximum Gasteiger partial charge on any atom is 0.191 e. The van der Waals surface area contributed by atoms with Crippen LogP contribution in [0.4, 0.5) is 0 Å². The lowest BCUT2D eigenvalue weighted by molar-refractivity contribution is 0.162. The van der Waals surface area contributed by atoms with Gasteiger partial charge in [0, 0.05) is 37.6 Å². The van der Waals surface area contributed by atoms with E-state index in [0.29, 0.717) is 5.92 Å². The zero-order chi connectivity index (χ0) is 17.2. The van der Waals surface area contributed by atoms with Crippen LogP contribution >= 0.6 is 35.3 Å². The molecule has 1 unspecified atom stereocenters. The number of hydrogen-bond acceptors (Lipinski definition) is 3. The van der Waals surface area contributed by atoms with Crippen molar-refractivity contribution in [2.24, 2.45) is 16.8 Å². The minimum absolute atomic E-state index is 0. The molecular formula is C19H35IN4S. The van der Waals surface area contributed by atoms with Gasteiger partial charge < -0.3 is 15.5 Å². The molecule has 2 heterocycles. The van der Waals surface area contributed by atoms with Gasteiger partial charge in [-0.15, -0.1) is 35.3 Å². The first-order valence-corrected chi connectivity index (χ1v) is 10.3. The smallest absolute Gasteiger partial charge is 0.191 e. The summed E-state index contributed by atoms with van der Waals surface area (Å²) < 4.78 is 0. The van der Waals surface area contributed by atoms with Gasteiger partial charge in [0.1, 0.15) is 0 Å². The van der Waals surface area contributed by atoms with Gasteiger partial charge in [-0.1, -0.05) is 19.9 Å². The summed E-state index contributed by atoms with van der Waals surface area (Å²) in [7, 11) is 0. The van der Waals surface area contributed by atoms with E-state index in [1.165, 1.54) is 37.4 Å². The number of halogens is 1. The molecule has 1 aliphatic heterocycles. The van der Waals surface area contributed by atoms with Crippen LogP contribution in [0.15, 0.2) is 22.5 Å². The normalized spacial score (nSPS) is 18.9. The Morgan fingerprint density at radius 2 is 2.24 bits per heavy atom. The maximum atomic E-state index is 4.84. The van der Waals surface area contributed by atoms with Crippen molar-refractivity contribution in [2.75, 3.05) is 39.3 Å². The van der Waals surface area contributed by atoms with E-state index in [4.69, 9.17) is 4.99 Å².